The zero-order chi connectivity index (χ0) is 18.6. The molecule has 0 bridgehead atoms. The van der Waals surface area contributed by atoms with Crippen LogP contribution in [0.4, 0.5) is 0 Å². The van der Waals surface area contributed by atoms with Crippen molar-refractivity contribution in [2.75, 3.05) is 19.4 Å². The maximum absolute atomic E-state index is 12.5. The predicted octanol–water partition coefficient (Wildman–Crippen LogP) is 1.15. The Kier molecular flexibility index (Phi) is 6.76. The van der Waals surface area contributed by atoms with Crippen LogP contribution in [-0.4, -0.2) is 46.2 Å². The molecule has 9 nitrogen and oxygen atoms in total. The van der Waals surface area contributed by atoms with E-state index in [4.69, 9.17) is 13.8 Å². The van der Waals surface area contributed by atoms with Gasteiger partial charge in [0.05, 0.1) is 31.6 Å². The first-order valence-corrected chi connectivity index (χ1v) is 10.1. The molecule has 3 atom stereocenters. The molecule has 0 radical (unpaired) electrons. The predicted molar refractivity (Wildman–Crippen MR) is 90.9 cm³/mol. The lowest BCUT2D eigenvalue weighted by Crippen LogP contribution is -2.33. The summed E-state index contributed by atoms with van der Waals surface area (Å²) >= 11 is 0. The van der Waals surface area contributed by atoms with Crippen molar-refractivity contribution in [3.05, 3.63) is 32.6 Å². The van der Waals surface area contributed by atoms with Crippen molar-refractivity contribution in [1.82, 2.24) is 9.55 Å². The van der Waals surface area contributed by atoms with Crippen LogP contribution in [0.1, 0.15) is 38.5 Å². The van der Waals surface area contributed by atoms with Gasteiger partial charge in [0.15, 0.2) is 0 Å². The van der Waals surface area contributed by atoms with E-state index in [9.17, 15) is 19.3 Å². The molecule has 1 saturated heterocycles. The van der Waals surface area contributed by atoms with E-state index in [1.807, 2.05) is 0 Å². The fourth-order valence-electron chi connectivity index (χ4n) is 2.79. The van der Waals surface area contributed by atoms with Gasteiger partial charge in [0.1, 0.15) is 6.23 Å². The fraction of sp³-hybridized carbons (Fsp3) is 0.733. The first-order chi connectivity index (χ1) is 11.8. The van der Waals surface area contributed by atoms with Crippen molar-refractivity contribution in [3.8, 4) is 0 Å². The minimum Gasteiger partial charge on any atom is -0.390 e. The second-order valence-corrected chi connectivity index (χ2v) is 8.06. The number of aromatic amines is 1. The number of hydrogen-bond donors (Lipinski definition) is 2. The normalized spacial score (nSPS) is 23.9. The monoisotopic (exact) mass is 376 g/mol. The Morgan fingerprint density at radius 3 is 2.60 bits per heavy atom. The van der Waals surface area contributed by atoms with Crippen LogP contribution in [0.5, 0.6) is 0 Å². The van der Waals surface area contributed by atoms with Crippen LogP contribution >= 0.6 is 7.60 Å². The summed E-state index contributed by atoms with van der Waals surface area (Å²) in [5, 5.41) is 10.2. The molecule has 0 aliphatic carbocycles. The number of rotatable bonds is 8. The molecule has 2 rings (SSSR count). The lowest BCUT2D eigenvalue weighted by atomic mass is 10.1. The van der Waals surface area contributed by atoms with Gasteiger partial charge in [0.25, 0.3) is 5.56 Å². The van der Waals surface area contributed by atoms with Crippen LogP contribution in [0.3, 0.4) is 0 Å². The number of ether oxygens (including phenoxy) is 1. The quantitative estimate of drug-likeness (QED) is 0.653. The van der Waals surface area contributed by atoms with Crippen LogP contribution in [0, 0.1) is 6.92 Å². The molecular weight excluding hydrogens is 351 g/mol. The number of nitrogens with one attached hydrogen (secondary N) is 1. The highest BCUT2D eigenvalue weighted by Gasteiger charge is 2.37. The summed E-state index contributed by atoms with van der Waals surface area (Å²) in [4.78, 5) is 25.6. The topological polar surface area (TPSA) is 120 Å². The molecule has 0 aromatic carbocycles. The minimum atomic E-state index is -3.22. The van der Waals surface area contributed by atoms with Crippen molar-refractivity contribution in [2.24, 2.45) is 0 Å². The van der Waals surface area contributed by atoms with Crippen LogP contribution in [-0.2, 0) is 18.3 Å². The zero-order valence-corrected chi connectivity index (χ0v) is 15.5. The summed E-state index contributed by atoms with van der Waals surface area (Å²) < 4.78 is 29.9. The molecule has 10 heteroatoms. The first kappa shape index (κ1) is 20.1. The molecule has 0 saturated carbocycles. The van der Waals surface area contributed by atoms with Gasteiger partial charge in [-0.3, -0.25) is 18.9 Å². The molecule has 25 heavy (non-hydrogen) atoms. The number of aromatic nitrogens is 2. The van der Waals surface area contributed by atoms with E-state index >= 15 is 0 Å². The van der Waals surface area contributed by atoms with Gasteiger partial charge in [-0.1, -0.05) is 0 Å². The molecule has 2 N–H and O–H groups in total. The molecule has 1 unspecified atom stereocenters. The molecule has 1 aromatic heterocycles. The lowest BCUT2D eigenvalue weighted by Gasteiger charge is -2.20. The van der Waals surface area contributed by atoms with E-state index in [0.717, 1.165) is 0 Å². The molecule has 1 aliphatic heterocycles. The highest BCUT2D eigenvalue weighted by Crippen LogP contribution is 2.49. The second-order valence-electron chi connectivity index (χ2n) is 5.87. The Morgan fingerprint density at radius 1 is 1.36 bits per heavy atom. The molecule has 1 fully saturated rings. The van der Waals surface area contributed by atoms with Crippen molar-refractivity contribution in [3.63, 3.8) is 0 Å². The minimum absolute atomic E-state index is 0.114. The summed E-state index contributed by atoms with van der Waals surface area (Å²) in [6.45, 7) is 5.57. The molecule has 1 aromatic rings. The van der Waals surface area contributed by atoms with E-state index in [0.29, 0.717) is 5.56 Å². The summed E-state index contributed by atoms with van der Waals surface area (Å²) in [6.07, 6.45) is -0.120. The van der Waals surface area contributed by atoms with Crippen LogP contribution in [0.25, 0.3) is 0 Å². The summed E-state index contributed by atoms with van der Waals surface area (Å²) in [7, 11) is -3.22. The third-order valence-electron chi connectivity index (χ3n) is 4.00. The van der Waals surface area contributed by atoms with E-state index in [-0.39, 0.29) is 32.2 Å². The van der Waals surface area contributed by atoms with E-state index in [2.05, 4.69) is 4.98 Å². The molecule has 0 amide bonds. The number of aryl methyl sites for hydroxylation is 1. The third kappa shape index (κ3) is 4.89. The van der Waals surface area contributed by atoms with Crippen LogP contribution < -0.4 is 11.2 Å². The molecule has 142 valence electrons. The number of hydrogen-bond acceptors (Lipinski definition) is 7. The van der Waals surface area contributed by atoms with Crippen LogP contribution in [0.2, 0.25) is 0 Å². The number of nitrogens with zero attached hydrogens (tertiary/aromatic N) is 1. The largest absolute Gasteiger partial charge is 0.390 e. The maximum atomic E-state index is 12.5. The highest BCUT2D eigenvalue weighted by molar-refractivity contribution is 7.53. The van der Waals surface area contributed by atoms with E-state index in [1.54, 1.807) is 20.8 Å². The summed E-state index contributed by atoms with van der Waals surface area (Å²) in [6, 6.07) is 0. The number of aliphatic hydroxyl groups is 1. The van der Waals surface area contributed by atoms with Crippen molar-refractivity contribution in [2.45, 2.75) is 52.0 Å². The van der Waals surface area contributed by atoms with Crippen molar-refractivity contribution in [1.29, 1.82) is 0 Å². The Labute approximate surface area is 145 Å². The van der Waals surface area contributed by atoms with Crippen LogP contribution in [0.15, 0.2) is 15.8 Å². The average Bonchev–Trinajstić information content (AvgIpc) is 2.90. The molecule has 0 spiro atoms. The Morgan fingerprint density at radius 2 is 2.00 bits per heavy atom. The van der Waals surface area contributed by atoms with Crippen molar-refractivity contribution >= 4 is 7.60 Å². The first-order valence-electron chi connectivity index (χ1n) is 8.33. The Bertz CT molecular complexity index is 734. The lowest BCUT2D eigenvalue weighted by molar-refractivity contribution is -0.0221. The van der Waals surface area contributed by atoms with Gasteiger partial charge in [0, 0.05) is 18.2 Å². The molecule has 1 aliphatic rings. The standard InChI is InChI=1S/C15H25N2O7P/c1-4-22-25(21,23-5-2)7-6-12-11(18)8-13(24-12)17-9-10(3)14(19)16-15(17)20/h9,11-13,18H,4-8H2,1-3H3,(H,16,19,20)/t11?,12-,13-/m1/s1. The second kappa shape index (κ2) is 8.42. The van der Waals surface area contributed by atoms with E-state index < -0.39 is 37.3 Å². The Balaban J connectivity index is 2.06. The zero-order valence-electron chi connectivity index (χ0n) is 14.6. The average molecular weight is 376 g/mol. The van der Waals surface area contributed by atoms with E-state index in [1.165, 1.54) is 10.8 Å². The number of H-pyrrole nitrogens is 1. The Hall–Kier alpha value is -1.25. The van der Waals surface area contributed by atoms with Gasteiger partial charge < -0.3 is 18.9 Å². The highest BCUT2D eigenvalue weighted by atomic mass is 31.2. The fourth-order valence-corrected chi connectivity index (χ4v) is 4.48. The maximum Gasteiger partial charge on any atom is 0.330 e. The third-order valence-corrected chi connectivity index (χ3v) is 6.11. The van der Waals surface area contributed by atoms with Gasteiger partial charge in [-0.25, -0.2) is 4.79 Å². The van der Waals surface area contributed by atoms with Gasteiger partial charge >= 0.3 is 13.3 Å². The summed E-state index contributed by atoms with van der Waals surface area (Å²) in [5.41, 5.74) is -0.674. The van der Waals surface area contributed by atoms with Gasteiger partial charge in [-0.2, -0.15) is 0 Å². The van der Waals surface area contributed by atoms with Gasteiger partial charge in [0.2, 0.25) is 0 Å². The van der Waals surface area contributed by atoms with Crippen molar-refractivity contribution < 1.29 is 23.5 Å². The smallest absolute Gasteiger partial charge is 0.330 e. The number of aliphatic hydroxyl groups excluding tert-OH is 1. The molecular formula is C15H25N2O7P. The SMILES string of the molecule is CCOP(=O)(CC[C@H]1O[C@@H](n2cc(C)c(=O)[nH]c2=O)CC1O)OCC. The van der Waals surface area contributed by atoms with Gasteiger partial charge in [-0.05, 0) is 27.2 Å². The summed E-state index contributed by atoms with van der Waals surface area (Å²) in [5.74, 6) is 0. The molecule has 2 heterocycles. The van der Waals surface area contributed by atoms with Gasteiger partial charge in [-0.15, -0.1) is 0 Å².